The molecule has 0 amide bonds. The van der Waals surface area contributed by atoms with Crippen molar-refractivity contribution in [2.45, 2.75) is 51.6 Å². The van der Waals surface area contributed by atoms with Gasteiger partial charge in [0.1, 0.15) is 6.10 Å². The van der Waals surface area contributed by atoms with E-state index in [1.807, 2.05) is 6.08 Å². The van der Waals surface area contributed by atoms with Gasteiger partial charge in [-0.1, -0.05) is 42.0 Å². The Balaban J connectivity index is 1.67. The summed E-state index contributed by atoms with van der Waals surface area (Å²) in [5.74, 6) is -0.157. The number of allylic oxidation sites excluding steroid dienone is 2. The van der Waals surface area contributed by atoms with Gasteiger partial charge in [0.05, 0.1) is 13.0 Å². The van der Waals surface area contributed by atoms with Crippen LogP contribution in [0.15, 0.2) is 43.0 Å². The molecule has 1 aliphatic rings. The van der Waals surface area contributed by atoms with E-state index in [9.17, 15) is 4.79 Å². The Kier molecular flexibility index (Phi) is 7.76. The van der Waals surface area contributed by atoms with Gasteiger partial charge in [0, 0.05) is 13.0 Å². The SMILES string of the molecule is C=CCCCOCCC(=O)OC1CC=C(c2ccc(C)cc2)CC1. The highest BCUT2D eigenvalue weighted by molar-refractivity contribution is 5.70. The summed E-state index contributed by atoms with van der Waals surface area (Å²) in [7, 11) is 0. The molecule has 0 radical (unpaired) electrons. The molecule has 0 saturated heterocycles. The summed E-state index contributed by atoms with van der Waals surface area (Å²) < 4.78 is 11.0. The molecule has 3 heteroatoms. The topological polar surface area (TPSA) is 35.5 Å². The zero-order chi connectivity index (χ0) is 17.2. The first-order valence-corrected chi connectivity index (χ1v) is 8.83. The van der Waals surface area contributed by atoms with Gasteiger partial charge in [-0.15, -0.1) is 6.58 Å². The van der Waals surface area contributed by atoms with E-state index in [4.69, 9.17) is 9.47 Å². The Labute approximate surface area is 145 Å². The zero-order valence-corrected chi connectivity index (χ0v) is 14.6. The summed E-state index contributed by atoms with van der Waals surface area (Å²) in [6.07, 6.45) is 8.97. The molecule has 24 heavy (non-hydrogen) atoms. The predicted molar refractivity (Wildman–Crippen MR) is 97.8 cm³/mol. The van der Waals surface area contributed by atoms with Crippen LogP contribution in [0.1, 0.15) is 49.7 Å². The third-order valence-electron chi connectivity index (χ3n) is 4.23. The molecule has 2 rings (SSSR count). The van der Waals surface area contributed by atoms with Crippen LogP contribution >= 0.6 is 0 Å². The molecule has 1 aromatic rings. The third-order valence-corrected chi connectivity index (χ3v) is 4.23. The van der Waals surface area contributed by atoms with Gasteiger partial charge >= 0.3 is 5.97 Å². The van der Waals surface area contributed by atoms with E-state index >= 15 is 0 Å². The second kappa shape index (κ2) is 10.1. The van der Waals surface area contributed by atoms with Crippen molar-refractivity contribution in [1.29, 1.82) is 0 Å². The van der Waals surface area contributed by atoms with Crippen LogP contribution in [0.5, 0.6) is 0 Å². The molecule has 0 saturated carbocycles. The summed E-state index contributed by atoms with van der Waals surface area (Å²) in [6, 6.07) is 8.60. The fourth-order valence-electron chi connectivity index (χ4n) is 2.78. The van der Waals surface area contributed by atoms with E-state index in [1.165, 1.54) is 16.7 Å². The van der Waals surface area contributed by atoms with E-state index < -0.39 is 0 Å². The number of carbonyl (C=O) groups excluding carboxylic acids is 1. The van der Waals surface area contributed by atoms with Crippen LogP contribution in [-0.2, 0) is 14.3 Å². The molecule has 1 atom stereocenters. The average Bonchev–Trinajstić information content (AvgIpc) is 2.59. The van der Waals surface area contributed by atoms with Crippen molar-refractivity contribution >= 4 is 11.5 Å². The molecule has 3 nitrogen and oxygen atoms in total. The first-order valence-electron chi connectivity index (χ1n) is 8.83. The van der Waals surface area contributed by atoms with E-state index in [-0.39, 0.29) is 12.1 Å². The number of ether oxygens (including phenoxy) is 2. The van der Waals surface area contributed by atoms with Crippen LogP contribution in [0.3, 0.4) is 0 Å². The van der Waals surface area contributed by atoms with Crippen LogP contribution in [0.2, 0.25) is 0 Å². The van der Waals surface area contributed by atoms with Gasteiger partial charge in [-0.2, -0.15) is 0 Å². The lowest BCUT2D eigenvalue weighted by Gasteiger charge is -2.22. The molecular weight excluding hydrogens is 300 g/mol. The highest BCUT2D eigenvalue weighted by Crippen LogP contribution is 2.28. The summed E-state index contributed by atoms with van der Waals surface area (Å²) in [5, 5.41) is 0. The molecule has 0 N–H and O–H groups in total. The van der Waals surface area contributed by atoms with Gasteiger partial charge in [0.2, 0.25) is 0 Å². The molecule has 0 heterocycles. The largest absolute Gasteiger partial charge is 0.462 e. The summed E-state index contributed by atoms with van der Waals surface area (Å²) in [6.45, 7) is 6.87. The second-order valence-corrected chi connectivity index (χ2v) is 6.27. The molecule has 0 fully saturated rings. The van der Waals surface area contributed by atoms with E-state index in [1.54, 1.807) is 0 Å². The number of hydrogen-bond acceptors (Lipinski definition) is 3. The van der Waals surface area contributed by atoms with E-state index in [2.05, 4.69) is 43.8 Å². The lowest BCUT2D eigenvalue weighted by molar-refractivity contribution is -0.150. The standard InChI is InChI=1S/C21H28O3/c1-3-4-5-15-23-16-14-21(22)24-20-12-10-19(11-13-20)18-8-6-17(2)7-9-18/h3,6-10,20H,1,4-5,11-16H2,2H3. The van der Waals surface area contributed by atoms with Crippen LogP contribution in [0, 0.1) is 6.92 Å². The zero-order valence-electron chi connectivity index (χ0n) is 14.6. The number of unbranched alkanes of at least 4 members (excludes halogenated alkanes) is 1. The number of benzene rings is 1. The minimum Gasteiger partial charge on any atom is -0.462 e. The predicted octanol–water partition coefficient (Wildman–Crippen LogP) is 4.85. The number of hydrogen-bond donors (Lipinski definition) is 0. The van der Waals surface area contributed by atoms with Crippen molar-refractivity contribution in [1.82, 2.24) is 0 Å². The van der Waals surface area contributed by atoms with Gasteiger partial charge < -0.3 is 9.47 Å². The fourth-order valence-corrected chi connectivity index (χ4v) is 2.78. The Hall–Kier alpha value is -1.87. The van der Waals surface area contributed by atoms with Gasteiger partial charge in [0.15, 0.2) is 0 Å². The first-order chi connectivity index (χ1) is 11.7. The number of carbonyl (C=O) groups is 1. The molecule has 1 aliphatic carbocycles. The summed E-state index contributed by atoms with van der Waals surface area (Å²) in [4.78, 5) is 11.9. The van der Waals surface area contributed by atoms with Crippen molar-refractivity contribution in [2.24, 2.45) is 0 Å². The van der Waals surface area contributed by atoms with Gasteiger partial charge in [-0.3, -0.25) is 4.79 Å². The summed E-state index contributed by atoms with van der Waals surface area (Å²) >= 11 is 0. The van der Waals surface area contributed by atoms with Crippen LogP contribution < -0.4 is 0 Å². The molecule has 0 aromatic heterocycles. The quantitative estimate of drug-likeness (QED) is 0.369. The number of rotatable bonds is 9. The maximum Gasteiger partial charge on any atom is 0.308 e. The average molecular weight is 328 g/mol. The Morgan fingerprint density at radius 2 is 2.08 bits per heavy atom. The first kappa shape index (κ1) is 18.5. The smallest absolute Gasteiger partial charge is 0.308 e. The lowest BCUT2D eigenvalue weighted by Crippen LogP contribution is -2.21. The molecule has 1 aromatic carbocycles. The molecular formula is C21H28O3. The molecule has 0 spiro atoms. The van der Waals surface area contributed by atoms with E-state index in [0.717, 1.165) is 32.1 Å². The van der Waals surface area contributed by atoms with Crippen LogP contribution in [-0.4, -0.2) is 25.3 Å². The third kappa shape index (κ3) is 6.32. The van der Waals surface area contributed by atoms with Crippen molar-refractivity contribution in [3.63, 3.8) is 0 Å². The highest BCUT2D eigenvalue weighted by Gasteiger charge is 2.19. The van der Waals surface area contributed by atoms with Crippen LogP contribution in [0.4, 0.5) is 0 Å². The molecule has 130 valence electrons. The highest BCUT2D eigenvalue weighted by atomic mass is 16.5. The Morgan fingerprint density at radius 1 is 1.29 bits per heavy atom. The molecule has 0 bridgehead atoms. The van der Waals surface area contributed by atoms with Gasteiger partial charge in [0.25, 0.3) is 0 Å². The maximum absolute atomic E-state index is 11.9. The van der Waals surface area contributed by atoms with Gasteiger partial charge in [-0.25, -0.2) is 0 Å². The van der Waals surface area contributed by atoms with Crippen LogP contribution in [0.25, 0.3) is 5.57 Å². The van der Waals surface area contributed by atoms with E-state index in [0.29, 0.717) is 19.6 Å². The molecule has 1 unspecified atom stereocenters. The van der Waals surface area contributed by atoms with Crippen molar-refractivity contribution in [3.8, 4) is 0 Å². The maximum atomic E-state index is 11.9. The minimum atomic E-state index is -0.157. The van der Waals surface area contributed by atoms with Crippen molar-refractivity contribution in [2.75, 3.05) is 13.2 Å². The fraction of sp³-hybridized carbons (Fsp3) is 0.476. The number of aryl methyl sites for hydroxylation is 1. The lowest BCUT2D eigenvalue weighted by atomic mass is 9.91. The monoisotopic (exact) mass is 328 g/mol. The second-order valence-electron chi connectivity index (χ2n) is 6.27. The van der Waals surface area contributed by atoms with Gasteiger partial charge in [-0.05, 0) is 43.7 Å². The van der Waals surface area contributed by atoms with Crippen molar-refractivity contribution in [3.05, 3.63) is 54.1 Å². The number of esters is 1. The Bertz CT molecular complexity index is 557. The van der Waals surface area contributed by atoms with Crippen molar-refractivity contribution < 1.29 is 14.3 Å². The minimum absolute atomic E-state index is 0.00691. The normalized spacial score (nSPS) is 17.2. The summed E-state index contributed by atoms with van der Waals surface area (Å²) in [5.41, 5.74) is 3.90. The Morgan fingerprint density at radius 3 is 2.75 bits per heavy atom. The molecule has 0 aliphatic heterocycles.